The number of nitriles is 1. The highest BCUT2D eigenvalue weighted by molar-refractivity contribution is 9.10. The van der Waals surface area contributed by atoms with Gasteiger partial charge in [-0.3, -0.25) is 0 Å². The van der Waals surface area contributed by atoms with Gasteiger partial charge in [0.1, 0.15) is 16.4 Å². The second-order valence-corrected chi connectivity index (χ2v) is 7.01. The second kappa shape index (κ2) is 4.61. The van der Waals surface area contributed by atoms with Crippen LogP contribution in [-0.4, -0.2) is 9.55 Å². The summed E-state index contributed by atoms with van der Waals surface area (Å²) in [7, 11) is 0. The Morgan fingerprint density at radius 1 is 1.50 bits per heavy atom. The van der Waals surface area contributed by atoms with Gasteiger partial charge in [-0.25, -0.2) is 4.98 Å². The quantitative estimate of drug-likeness (QED) is 0.718. The molecule has 1 atom stereocenters. The van der Waals surface area contributed by atoms with Gasteiger partial charge in [0.25, 0.3) is 0 Å². The minimum atomic E-state index is 0.00657. The molecule has 1 unspecified atom stereocenters. The summed E-state index contributed by atoms with van der Waals surface area (Å²) in [4.78, 5) is 4.16. The van der Waals surface area contributed by atoms with Crippen LogP contribution in [0.25, 0.3) is 0 Å². The average molecular weight is 351 g/mol. The summed E-state index contributed by atoms with van der Waals surface area (Å²) >= 11 is 9.76. The summed E-state index contributed by atoms with van der Waals surface area (Å²) in [6, 6.07) is 8.13. The van der Waals surface area contributed by atoms with Crippen LogP contribution in [0.3, 0.4) is 0 Å². The van der Waals surface area contributed by atoms with Gasteiger partial charge >= 0.3 is 0 Å². The molecule has 3 nitrogen and oxygen atoms in total. The van der Waals surface area contributed by atoms with Crippen molar-refractivity contribution in [2.24, 2.45) is 5.41 Å². The van der Waals surface area contributed by atoms with Gasteiger partial charge in [-0.05, 0) is 45.1 Å². The van der Waals surface area contributed by atoms with E-state index in [-0.39, 0.29) is 11.3 Å². The normalized spacial score (nSPS) is 19.6. The van der Waals surface area contributed by atoms with Crippen LogP contribution in [0.5, 0.6) is 0 Å². The predicted molar refractivity (Wildman–Crippen MR) is 81.7 cm³/mol. The lowest BCUT2D eigenvalue weighted by molar-refractivity contribution is 0.322. The molecule has 0 N–H and O–H groups in total. The van der Waals surface area contributed by atoms with Crippen molar-refractivity contribution < 1.29 is 0 Å². The maximum atomic E-state index is 9.20. The van der Waals surface area contributed by atoms with Gasteiger partial charge in [0, 0.05) is 24.4 Å². The first kappa shape index (κ1) is 13.7. The number of halogens is 2. The Balaban J connectivity index is 2.21. The molecule has 0 spiro atoms. The lowest BCUT2D eigenvalue weighted by Crippen LogP contribution is -2.20. The third kappa shape index (κ3) is 1.97. The Hall–Kier alpha value is -1.31. The van der Waals surface area contributed by atoms with E-state index < -0.39 is 0 Å². The van der Waals surface area contributed by atoms with Crippen LogP contribution < -0.4 is 0 Å². The second-order valence-electron chi connectivity index (χ2n) is 5.79. The molecule has 102 valence electrons. The van der Waals surface area contributed by atoms with Crippen LogP contribution in [0.4, 0.5) is 0 Å². The fourth-order valence-electron chi connectivity index (χ4n) is 3.14. The Morgan fingerprint density at radius 2 is 2.25 bits per heavy atom. The molecule has 2 aromatic rings. The number of rotatable bonds is 1. The molecule has 0 fully saturated rings. The van der Waals surface area contributed by atoms with Crippen molar-refractivity contribution in [3.63, 3.8) is 0 Å². The molecule has 0 amide bonds. The van der Waals surface area contributed by atoms with E-state index in [0.717, 1.165) is 22.4 Å². The van der Waals surface area contributed by atoms with E-state index >= 15 is 0 Å². The van der Waals surface area contributed by atoms with Crippen LogP contribution in [-0.2, 0) is 6.54 Å². The third-order valence-corrected chi connectivity index (χ3v) is 4.68. The lowest BCUT2D eigenvalue weighted by Gasteiger charge is -2.27. The molecule has 1 aliphatic heterocycles. The van der Waals surface area contributed by atoms with Gasteiger partial charge in [-0.2, -0.15) is 5.26 Å². The van der Waals surface area contributed by atoms with Crippen molar-refractivity contribution in [2.45, 2.75) is 26.3 Å². The highest BCUT2D eigenvalue weighted by atomic mass is 79.9. The molecule has 0 saturated carbocycles. The molecule has 2 aromatic heterocycles. The molecular weight excluding hydrogens is 338 g/mol. The molecule has 3 rings (SSSR count). The number of hydrogen-bond acceptors (Lipinski definition) is 2. The Labute approximate surface area is 131 Å². The van der Waals surface area contributed by atoms with Crippen LogP contribution in [0.1, 0.15) is 36.7 Å². The smallest absolute Gasteiger partial charge is 0.120 e. The summed E-state index contributed by atoms with van der Waals surface area (Å²) in [6.07, 6.45) is 1.67. The number of hydrogen-bond donors (Lipinski definition) is 0. The molecule has 20 heavy (non-hydrogen) atoms. The van der Waals surface area contributed by atoms with Crippen LogP contribution >= 0.6 is 27.5 Å². The van der Waals surface area contributed by atoms with Crippen molar-refractivity contribution in [3.8, 4) is 6.07 Å². The van der Waals surface area contributed by atoms with E-state index in [9.17, 15) is 5.26 Å². The number of fused-ring (bicyclic) bond motifs is 1. The zero-order valence-corrected chi connectivity index (χ0v) is 13.5. The van der Waals surface area contributed by atoms with E-state index in [4.69, 9.17) is 11.6 Å². The summed E-state index contributed by atoms with van der Waals surface area (Å²) in [5.41, 5.74) is 2.92. The van der Waals surface area contributed by atoms with Crippen molar-refractivity contribution in [2.75, 3.05) is 0 Å². The largest absolute Gasteiger partial charge is 0.335 e. The Kier molecular flexibility index (Phi) is 3.15. The van der Waals surface area contributed by atoms with E-state index in [0.29, 0.717) is 10.7 Å². The van der Waals surface area contributed by atoms with E-state index in [2.05, 4.69) is 45.4 Å². The Bertz CT molecular complexity index is 727. The standard InChI is InChI=1S/C15H13BrClN3/c1-15(2)8-20-9(6-18)3-4-12(20)14(15)10-5-13(16)19-7-11(10)17/h3-5,7,14H,8H2,1-2H3. The SMILES string of the molecule is CC1(C)Cn2c(C#N)ccc2C1c1cc(Br)ncc1Cl. The van der Waals surface area contributed by atoms with Crippen molar-refractivity contribution in [1.29, 1.82) is 5.26 Å². The maximum absolute atomic E-state index is 9.20. The van der Waals surface area contributed by atoms with Gasteiger partial charge < -0.3 is 4.57 Å². The molecule has 0 radical (unpaired) electrons. The minimum absolute atomic E-state index is 0.00657. The van der Waals surface area contributed by atoms with Crippen molar-refractivity contribution in [1.82, 2.24) is 9.55 Å². The van der Waals surface area contributed by atoms with Gasteiger partial charge in [0.05, 0.1) is 5.02 Å². The fraction of sp³-hybridized carbons (Fsp3) is 0.333. The third-order valence-electron chi connectivity index (χ3n) is 3.93. The molecular formula is C15H13BrClN3. The summed E-state index contributed by atoms with van der Waals surface area (Å²) in [5, 5.41) is 9.87. The van der Waals surface area contributed by atoms with Gasteiger partial charge in [0.2, 0.25) is 0 Å². The first-order chi connectivity index (χ1) is 9.44. The van der Waals surface area contributed by atoms with Crippen molar-refractivity contribution >= 4 is 27.5 Å². The molecule has 1 aliphatic rings. The summed E-state index contributed by atoms with van der Waals surface area (Å²) in [5.74, 6) is 0.163. The molecule has 0 bridgehead atoms. The maximum Gasteiger partial charge on any atom is 0.120 e. The van der Waals surface area contributed by atoms with Gasteiger partial charge in [0.15, 0.2) is 0 Å². The molecule has 0 aliphatic carbocycles. The average Bonchev–Trinajstić information content (AvgIpc) is 2.86. The first-order valence-electron chi connectivity index (χ1n) is 6.34. The van der Waals surface area contributed by atoms with Gasteiger partial charge in [-0.1, -0.05) is 25.4 Å². The number of aromatic nitrogens is 2. The van der Waals surface area contributed by atoms with Crippen LogP contribution in [0.2, 0.25) is 5.02 Å². The minimum Gasteiger partial charge on any atom is -0.335 e. The van der Waals surface area contributed by atoms with E-state index in [1.165, 1.54) is 0 Å². The lowest BCUT2D eigenvalue weighted by atomic mass is 9.76. The summed E-state index contributed by atoms with van der Waals surface area (Å²) in [6.45, 7) is 5.23. The fourth-order valence-corrected chi connectivity index (χ4v) is 3.70. The highest BCUT2D eigenvalue weighted by Crippen LogP contribution is 2.50. The summed E-state index contributed by atoms with van der Waals surface area (Å²) < 4.78 is 2.87. The van der Waals surface area contributed by atoms with E-state index in [1.807, 2.05) is 18.2 Å². The topological polar surface area (TPSA) is 41.6 Å². The first-order valence-corrected chi connectivity index (χ1v) is 7.51. The molecule has 3 heterocycles. The monoisotopic (exact) mass is 349 g/mol. The zero-order valence-electron chi connectivity index (χ0n) is 11.2. The van der Waals surface area contributed by atoms with Crippen LogP contribution in [0, 0.1) is 16.7 Å². The molecule has 0 saturated heterocycles. The number of nitrogens with zero attached hydrogens (tertiary/aromatic N) is 3. The van der Waals surface area contributed by atoms with Crippen LogP contribution in [0.15, 0.2) is 29.0 Å². The molecule has 0 aromatic carbocycles. The van der Waals surface area contributed by atoms with Gasteiger partial charge in [-0.15, -0.1) is 0 Å². The van der Waals surface area contributed by atoms with E-state index in [1.54, 1.807) is 6.20 Å². The molecule has 5 heteroatoms. The van der Waals surface area contributed by atoms with Crippen molar-refractivity contribution in [3.05, 3.63) is 51.0 Å². The Morgan fingerprint density at radius 3 is 2.95 bits per heavy atom. The highest BCUT2D eigenvalue weighted by Gasteiger charge is 2.42. The zero-order chi connectivity index (χ0) is 14.5. The number of pyridine rings is 1. The predicted octanol–water partition coefficient (Wildman–Crippen LogP) is 4.34.